The van der Waals surface area contributed by atoms with Crippen molar-refractivity contribution in [2.24, 2.45) is 5.16 Å². The minimum atomic E-state index is -0.403. The molecular weight excluding hydrogens is 369 g/mol. The molecule has 0 radical (unpaired) electrons. The van der Waals surface area contributed by atoms with Gasteiger partial charge in [0.05, 0.1) is 24.4 Å². The summed E-state index contributed by atoms with van der Waals surface area (Å²) in [5.41, 5.74) is 1.15. The maximum absolute atomic E-state index is 12.8. The summed E-state index contributed by atoms with van der Waals surface area (Å²) in [6.07, 6.45) is 1.41. The van der Waals surface area contributed by atoms with Crippen molar-refractivity contribution in [3.63, 3.8) is 0 Å². The zero-order chi connectivity index (χ0) is 19.8. The molecule has 2 aromatic rings. The fourth-order valence-corrected chi connectivity index (χ4v) is 2.72. The average molecular weight is 389 g/mol. The molecule has 0 bridgehead atoms. The van der Waals surface area contributed by atoms with Crippen molar-refractivity contribution in [2.45, 2.75) is 0 Å². The number of morpholine rings is 1. The molecule has 1 heterocycles. The van der Waals surface area contributed by atoms with Crippen LogP contribution in [0.15, 0.2) is 47.6 Å². The van der Waals surface area contributed by atoms with Crippen molar-refractivity contribution in [3.05, 3.63) is 64.0 Å². The number of halogens is 1. The Morgan fingerprint density at radius 2 is 1.93 bits per heavy atom. The summed E-state index contributed by atoms with van der Waals surface area (Å²) in [5, 5.41) is 15.2. The Morgan fingerprint density at radius 1 is 1.18 bits per heavy atom. The predicted octanol–water partition coefficient (Wildman–Crippen LogP) is 3.00. The number of nitrogens with zero attached hydrogens (tertiary/aromatic N) is 3. The second-order valence-electron chi connectivity index (χ2n) is 5.97. The van der Waals surface area contributed by atoms with Crippen LogP contribution < -0.4 is 9.64 Å². The molecule has 0 atom stereocenters. The Bertz CT molecular complexity index is 823. The van der Waals surface area contributed by atoms with E-state index >= 15 is 0 Å². The van der Waals surface area contributed by atoms with Crippen LogP contribution in [-0.4, -0.2) is 50.7 Å². The van der Waals surface area contributed by atoms with E-state index in [-0.39, 0.29) is 24.7 Å². The first-order valence-electron chi connectivity index (χ1n) is 8.78. The number of rotatable bonds is 8. The summed E-state index contributed by atoms with van der Waals surface area (Å²) in [4.78, 5) is 18.1. The van der Waals surface area contributed by atoms with E-state index in [9.17, 15) is 14.5 Å². The van der Waals surface area contributed by atoms with E-state index in [0.29, 0.717) is 43.3 Å². The van der Waals surface area contributed by atoms with E-state index in [4.69, 9.17) is 14.3 Å². The standard InChI is InChI=1S/C19H20FN3O5/c20-16-2-4-17(5-3-16)27-11-12-28-21-14-15-1-6-18(19(13-15)23(24)25)22-7-9-26-10-8-22/h1-6,13-14H,7-12H2/b21-14+. The molecular formula is C19H20FN3O5. The SMILES string of the molecule is O=[N+]([O-])c1cc(/C=N/OCCOc2ccc(F)cc2)ccc1N1CCOCC1. The lowest BCUT2D eigenvalue weighted by atomic mass is 10.1. The Kier molecular flexibility index (Phi) is 6.74. The highest BCUT2D eigenvalue weighted by atomic mass is 19.1. The molecule has 1 aliphatic rings. The number of benzene rings is 2. The van der Waals surface area contributed by atoms with E-state index < -0.39 is 4.92 Å². The zero-order valence-corrected chi connectivity index (χ0v) is 15.1. The number of oxime groups is 1. The van der Waals surface area contributed by atoms with Gasteiger partial charge in [-0.05, 0) is 30.3 Å². The van der Waals surface area contributed by atoms with Crippen LogP contribution in [0.5, 0.6) is 5.75 Å². The predicted molar refractivity (Wildman–Crippen MR) is 102 cm³/mol. The number of ether oxygens (including phenoxy) is 2. The highest BCUT2D eigenvalue weighted by Gasteiger charge is 2.21. The van der Waals surface area contributed by atoms with E-state index in [0.717, 1.165) is 0 Å². The van der Waals surface area contributed by atoms with Crippen molar-refractivity contribution < 1.29 is 23.6 Å². The summed E-state index contributed by atoms with van der Waals surface area (Å²) >= 11 is 0. The van der Waals surface area contributed by atoms with Gasteiger partial charge in [-0.25, -0.2) is 4.39 Å². The number of nitro groups is 1. The molecule has 0 aliphatic carbocycles. The maximum atomic E-state index is 12.8. The number of anilines is 1. The van der Waals surface area contributed by atoms with Gasteiger partial charge in [-0.2, -0.15) is 0 Å². The first kappa shape index (κ1) is 19.6. The minimum Gasteiger partial charge on any atom is -0.490 e. The Labute approximate surface area is 161 Å². The molecule has 0 amide bonds. The third-order valence-electron chi connectivity index (χ3n) is 4.08. The maximum Gasteiger partial charge on any atom is 0.293 e. The normalized spacial score (nSPS) is 14.2. The molecule has 0 unspecified atom stereocenters. The van der Waals surface area contributed by atoms with Gasteiger partial charge in [-0.3, -0.25) is 10.1 Å². The molecule has 0 N–H and O–H groups in total. The second kappa shape index (κ2) is 9.65. The third kappa shape index (κ3) is 5.40. The molecule has 3 rings (SSSR count). The average Bonchev–Trinajstić information content (AvgIpc) is 2.72. The molecule has 1 fully saturated rings. The van der Waals surface area contributed by atoms with Gasteiger partial charge in [-0.1, -0.05) is 11.2 Å². The van der Waals surface area contributed by atoms with E-state index in [1.165, 1.54) is 36.5 Å². The second-order valence-corrected chi connectivity index (χ2v) is 5.97. The summed E-state index contributed by atoms with van der Waals surface area (Å²) in [5.74, 6) is 0.199. The molecule has 9 heteroatoms. The number of hydrogen-bond donors (Lipinski definition) is 0. The van der Waals surface area contributed by atoms with Crippen LogP contribution in [0.1, 0.15) is 5.56 Å². The van der Waals surface area contributed by atoms with Crippen molar-refractivity contribution in [3.8, 4) is 5.75 Å². The van der Waals surface area contributed by atoms with Crippen LogP contribution in [0, 0.1) is 15.9 Å². The van der Waals surface area contributed by atoms with Gasteiger partial charge in [0.1, 0.15) is 23.9 Å². The third-order valence-corrected chi connectivity index (χ3v) is 4.08. The molecule has 148 valence electrons. The highest BCUT2D eigenvalue weighted by molar-refractivity contribution is 5.82. The van der Waals surface area contributed by atoms with E-state index in [1.807, 2.05) is 4.90 Å². The summed E-state index contributed by atoms with van der Waals surface area (Å²) < 4.78 is 23.5. The van der Waals surface area contributed by atoms with Gasteiger partial charge in [-0.15, -0.1) is 0 Å². The topological polar surface area (TPSA) is 86.4 Å². The molecule has 0 saturated carbocycles. The van der Waals surface area contributed by atoms with Crippen LogP contribution in [0.2, 0.25) is 0 Å². The highest BCUT2D eigenvalue weighted by Crippen LogP contribution is 2.29. The lowest BCUT2D eigenvalue weighted by Crippen LogP contribution is -2.36. The minimum absolute atomic E-state index is 0.0190. The molecule has 2 aromatic carbocycles. The van der Waals surface area contributed by atoms with Gasteiger partial charge in [0.15, 0.2) is 6.61 Å². The summed E-state index contributed by atoms with van der Waals surface area (Å²) in [7, 11) is 0. The van der Waals surface area contributed by atoms with Crippen molar-refractivity contribution in [1.29, 1.82) is 0 Å². The van der Waals surface area contributed by atoms with E-state index in [2.05, 4.69) is 5.16 Å². The van der Waals surface area contributed by atoms with Crippen LogP contribution in [0.25, 0.3) is 0 Å². The zero-order valence-electron chi connectivity index (χ0n) is 15.1. The van der Waals surface area contributed by atoms with Crippen molar-refractivity contribution in [1.82, 2.24) is 0 Å². The van der Waals surface area contributed by atoms with Gasteiger partial charge in [0, 0.05) is 24.7 Å². The van der Waals surface area contributed by atoms with Gasteiger partial charge in [0.25, 0.3) is 5.69 Å². The first-order valence-corrected chi connectivity index (χ1v) is 8.78. The fraction of sp³-hybridized carbons (Fsp3) is 0.316. The van der Waals surface area contributed by atoms with Gasteiger partial charge in [0.2, 0.25) is 0 Å². The molecule has 8 nitrogen and oxygen atoms in total. The van der Waals surface area contributed by atoms with Crippen LogP contribution in [-0.2, 0) is 9.57 Å². The molecule has 1 aliphatic heterocycles. The number of nitro benzene ring substituents is 1. The largest absolute Gasteiger partial charge is 0.490 e. The van der Waals surface area contributed by atoms with Gasteiger partial charge < -0.3 is 19.2 Å². The summed E-state index contributed by atoms with van der Waals surface area (Å²) in [6.45, 7) is 2.75. The molecule has 1 saturated heterocycles. The Balaban J connectivity index is 1.52. The quantitative estimate of drug-likeness (QED) is 0.299. The molecule has 0 aromatic heterocycles. The van der Waals surface area contributed by atoms with Crippen molar-refractivity contribution >= 4 is 17.6 Å². The summed E-state index contributed by atoms with van der Waals surface area (Å²) in [6, 6.07) is 10.6. The first-order chi connectivity index (χ1) is 13.6. The Morgan fingerprint density at radius 3 is 2.64 bits per heavy atom. The monoisotopic (exact) mass is 389 g/mol. The van der Waals surface area contributed by atoms with Crippen molar-refractivity contribution in [2.75, 3.05) is 44.4 Å². The van der Waals surface area contributed by atoms with Crippen LogP contribution >= 0.6 is 0 Å². The molecule has 28 heavy (non-hydrogen) atoms. The molecule has 0 spiro atoms. The van der Waals surface area contributed by atoms with E-state index in [1.54, 1.807) is 12.1 Å². The Hall–Kier alpha value is -3.20. The fourth-order valence-electron chi connectivity index (χ4n) is 2.72. The van der Waals surface area contributed by atoms with Crippen LogP contribution in [0.3, 0.4) is 0 Å². The number of hydrogen-bond acceptors (Lipinski definition) is 7. The van der Waals surface area contributed by atoms with Gasteiger partial charge >= 0.3 is 0 Å². The lowest BCUT2D eigenvalue weighted by molar-refractivity contribution is -0.384. The lowest BCUT2D eigenvalue weighted by Gasteiger charge is -2.28. The van der Waals surface area contributed by atoms with Crippen LogP contribution in [0.4, 0.5) is 15.8 Å². The smallest absolute Gasteiger partial charge is 0.293 e.